The predicted octanol–water partition coefficient (Wildman–Crippen LogP) is 4.11. The zero-order valence-corrected chi connectivity index (χ0v) is 12.0. The Labute approximate surface area is 120 Å². The lowest BCUT2D eigenvalue weighted by Gasteiger charge is -2.34. The molecule has 0 saturated heterocycles. The van der Waals surface area contributed by atoms with Crippen molar-refractivity contribution in [1.29, 1.82) is 0 Å². The minimum atomic E-state index is 0.329. The van der Waals surface area contributed by atoms with Crippen LogP contribution in [0.25, 0.3) is 0 Å². The Kier molecular flexibility index (Phi) is 3.75. The normalized spacial score (nSPS) is 22.7. The summed E-state index contributed by atoms with van der Waals surface area (Å²) in [5.41, 5.74) is 2.60. The Balaban J connectivity index is 1.83. The lowest BCUT2D eigenvalue weighted by atomic mass is 9.91. The van der Waals surface area contributed by atoms with Crippen LogP contribution < -0.4 is 10.1 Å². The molecule has 0 spiro atoms. The molecule has 2 heteroatoms. The molecule has 0 aliphatic carbocycles. The molecule has 0 aromatic heterocycles. The van der Waals surface area contributed by atoms with Crippen molar-refractivity contribution in [1.82, 2.24) is 5.32 Å². The molecule has 1 N–H and O–H groups in total. The number of benzene rings is 2. The predicted molar refractivity (Wildman–Crippen MR) is 81.8 cm³/mol. The summed E-state index contributed by atoms with van der Waals surface area (Å²) in [6.45, 7) is 5.24. The van der Waals surface area contributed by atoms with Crippen molar-refractivity contribution in [2.75, 3.05) is 6.61 Å². The summed E-state index contributed by atoms with van der Waals surface area (Å²) in [4.78, 5) is 0. The number of fused-ring (bicyclic) bond motifs is 1. The molecule has 2 aromatic rings. The summed E-state index contributed by atoms with van der Waals surface area (Å²) < 4.78 is 5.81. The van der Waals surface area contributed by atoms with Crippen molar-refractivity contribution >= 4 is 0 Å². The summed E-state index contributed by atoms with van der Waals surface area (Å²) in [5.74, 6) is 1.49. The second-order valence-electron chi connectivity index (χ2n) is 5.60. The summed E-state index contributed by atoms with van der Waals surface area (Å²) in [7, 11) is 0. The topological polar surface area (TPSA) is 21.3 Å². The van der Waals surface area contributed by atoms with Crippen molar-refractivity contribution in [3.63, 3.8) is 0 Å². The van der Waals surface area contributed by atoms with Gasteiger partial charge in [-0.2, -0.15) is 0 Å². The van der Waals surface area contributed by atoms with Crippen molar-refractivity contribution in [2.24, 2.45) is 5.92 Å². The van der Waals surface area contributed by atoms with Gasteiger partial charge in [-0.05, 0) is 18.6 Å². The van der Waals surface area contributed by atoms with Gasteiger partial charge in [-0.3, -0.25) is 0 Å². The van der Waals surface area contributed by atoms with Crippen LogP contribution in [0.15, 0.2) is 54.6 Å². The van der Waals surface area contributed by atoms with E-state index in [4.69, 9.17) is 4.74 Å². The quantitative estimate of drug-likeness (QED) is 0.903. The van der Waals surface area contributed by atoms with Crippen LogP contribution >= 0.6 is 0 Å². The Morgan fingerprint density at radius 2 is 1.75 bits per heavy atom. The SMILES string of the molecule is CC1COc2ccccc2C1N[C@@H](C)c1ccccc1. The first kappa shape index (κ1) is 13.2. The maximum atomic E-state index is 5.81. The third-order valence-corrected chi connectivity index (χ3v) is 4.05. The van der Waals surface area contributed by atoms with Crippen LogP contribution in [0, 0.1) is 5.92 Å². The smallest absolute Gasteiger partial charge is 0.124 e. The minimum absolute atomic E-state index is 0.329. The number of ether oxygens (including phenoxy) is 1. The van der Waals surface area contributed by atoms with E-state index in [1.807, 2.05) is 6.07 Å². The van der Waals surface area contributed by atoms with Gasteiger partial charge in [0.2, 0.25) is 0 Å². The van der Waals surface area contributed by atoms with E-state index in [2.05, 4.69) is 67.7 Å². The first-order valence-electron chi connectivity index (χ1n) is 7.28. The molecule has 0 saturated carbocycles. The van der Waals surface area contributed by atoms with Gasteiger partial charge in [0.1, 0.15) is 5.75 Å². The molecule has 0 radical (unpaired) electrons. The highest BCUT2D eigenvalue weighted by Crippen LogP contribution is 2.36. The van der Waals surface area contributed by atoms with Gasteiger partial charge in [0.25, 0.3) is 0 Å². The second-order valence-corrected chi connectivity index (χ2v) is 5.60. The van der Waals surface area contributed by atoms with E-state index in [-0.39, 0.29) is 0 Å². The molecule has 1 heterocycles. The number of rotatable bonds is 3. The van der Waals surface area contributed by atoms with E-state index < -0.39 is 0 Å². The molecular formula is C18H21NO. The van der Waals surface area contributed by atoms with Gasteiger partial charge < -0.3 is 10.1 Å². The maximum absolute atomic E-state index is 5.81. The lowest BCUT2D eigenvalue weighted by Crippen LogP contribution is -2.35. The number of hydrogen-bond donors (Lipinski definition) is 1. The fourth-order valence-corrected chi connectivity index (χ4v) is 2.85. The molecule has 0 fully saturated rings. The zero-order chi connectivity index (χ0) is 13.9. The number of hydrogen-bond acceptors (Lipinski definition) is 2. The van der Waals surface area contributed by atoms with Gasteiger partial charge in [-0.25, -0.2) is 0 Å². The molecule has 2 nitrogen and oxygen atoms in total. The molecule has 3 atom stereocenters. The molecule has 1 aliphatic rings. The lowest BCUT2D eigenvalue weighted by molar-refractivity contribution is 0.182. The third-order valence-electron chi connectivity index (χ3n) is 4.05. The van der Waals surface area contributed by atoms with Gasteiger partial charge >= 0.3 is 0 Å². The number of para-hydroxylation sites is 1. The van der Waals surface area contributed by atoms with E-state index in [9.17, 15) is 0 Å². The molecule has 2 unspecified atom stereocenters. The van der Waals surface area contributed by atoms with Crippen LogP contribution in [0.2, 0.25) is 0 Å². The zero-order valence-electron chi connectivity index (χ0n) is 12.0. The highest BCUT2D eigenvalue weighted by Gasteiger charge is 2.28. The summed E-state index contributed by atoms with van der Waals surface area (Å²) in [6.07, 6.45) is 0. The first-order chi connectivity index (χ1) is 9.75. The maximum Gasteiger partial charge on any atom is 0.124 e. The highest BCUT2D eigenvalue weighted by atomic mass is 16.5. The highest BCUT2D eigenvalue weighted by molar-refractivity contribution is 5.38. The Bertz CT molecular complexity index is 567. The second kappa shape index (κ2) is 5.68. The standard InChI is InChI=1S/C18H21NO/c1-13-12-20-17-11-7-6-10-16(17)18(13)19-14(2)15-8-4-3-5-9-15/h3-11,13-14,18-19H,12H2,1-2H3/t13?,14-,18?/m0/s1. The fraction of sp³-hybridized carbons (Fsp3) is 0.333. The van der Waals surface area contributed by atoms with Crippen molar-refractivity contribution < 1.29 is 4.74 Å². The molecule has 104 valence electrons. The molecule has 2 aromatic carbocycles. The molecule has 1 aliphatic heterocycles. The summed E-state index contributed by atoms with van der Waals surface area (Å²) in [6, 6.07) is 19.6. The monoisotopic (exact) mass is 267 g/mol. The van der Waals surface area contributed by atoms with Crippen molar-refractivity contribution in [3.05, 3.63) is 65.7 Å². The Morgan fingerprint density at radius 3 is 2.55 bits per heavy atom. The van der Waals surface area contributed by atoms with E-state index in [0.717, 1.165) is 12.4 Å². The fourth-order valence-electron chi connectivity index (χ4n) is 2.85. The molecule has 3 rings (SSSR count). The Hall–Kier alpha value is -1.80. The van der Waals surface area contributed by atoms with Gasteiger partial charge in [0.15, 0.2) is 0 Å². The largest absolute Gasteiger partial charge is 0.493 e. The van der Waals surface area contributed by atoms with Crippen LogP contribution in [0.5, 0.6) is 5.75 Å². The van der Waals surface area contributed by atoms with Gasteiger partial charge in [0, 0.05) is 23.6 Å². The van der Waals surface area contributed by atoms with Crippen molar-refractivity contribution in [2.45, 2.75) is 25.9 Å². The summed E-state index contributed by atoms with van der Waals surface area (Å²) in [5, 5.41) is 3.76. The molecule has 0 amide bonds. The van der Waals surface area contributed by atoms with Crippen LogP contribution in [-0.2, 0) is 0 Å². The van der Waals surface area contributed by atoms with E-state index >= 15 is 0 Å². The first-order valence-corrected chi connectivity index (χ1v) is 7.28. The van der Waals surface area contributed by atoms with Gasteiger partial charge in [-0.1, -0.05) is 55.5 Å². The number of nitrogens with one attached hydrogen (secondary N) is 1. The molecule has 20 heavy (non-hydrogen) atoms. The van der Waals surface area contributed by atoms with Crippen LogP contribution in [0.4, 0.5) is 0 Å². The molecule has 0 bridgehead atoms. The van der Waals surface area contributed by atoms with Gasteiger partial charge in [0.05, 0.1) is 6.61 Å². The third kappa shape index (κ3) is 2.56. The average molecular weight is 267 g/mol. The van der Waals surface area contributed by atoms with Crippen LogP contribution in [0.3, 0.4) is 0 Å². The van der Waals surface area contributed by atoms with Crippen LogP contribution in [0.1, 0.15) is 37.1 Å². The van der Waals surface area contributed by atoms with Crippen LogP contribution in [-0.4, -0.2) is 6.61 Å². The minimum Gasteiger partial charge on any atom is -0.493 e. The molecular weight excluding hydrogens is 246 g/mol. The van der Waals surface area contributed by atoms with E-state index in [1.165, 1.54) is 11.1 Å². The summed E-state index contributed by atoms with van der Waals surface area (Å²) >= 11 is 0. The van der Waals surface area contributed by atoms with E-state index in [1.54, 1.807) is 0 Å². The Morgan fingerprint density at radius 1 is 1.05 bits per heavy atom. The van der Waals surface area contributed by atoms with Crippen molar-refractivity contribution in [3.8, 4) is 5.75 Å². The average Bonchev–Trinajstić information content (AvgIpc) is 2.51. The van der Waals surface area contributed by atoms with Gasteiger partial charge in [-0.15, -0.1) is 0 Å². The van der Waals surface area contributed by atoms with E-state index in [0.29, 0.717) is 18.0 Å².